The molecule has 1 saturated heterocycles. The first-order valence-electron chi connectivity index (χ1n) is 17.1. The summed E-state index contributed by atoms with van der Waals surface area (Å²) in [5.41, 5.74) is 13.2. The van der Waals surface area contributed by atoms with Crippen molar-refractivity contribution in [2.24, 2.45) is 23.3 Å². The number of benzene rings is 1. The number of nitrogens with one attached hydrogen (secondary N) is 6. The molecule has 15 heteroatoms. The van der Waals surface area contributed by atoms with E-state index < -0.39 is 59.8 Å². The number of carbonyl (C=O) groups is 5. The fraction of sp³-hybridized carbons (Fsp3) is 0.588. The Hall–Kier alpha value is -4.66. The summed E-state index contributed by atoms with van der Waals surface area (Å²) < 4.78 is 0. The minimum Gasteiger partial charge on any atom is -0.480 e. The number of nitrogens with zero attached hydrogens (tertiary/aromatic N) is 1. The summed E-state index contributed by atoms with van der Waals surface area (Å²) in [5.74, 6) is -3.72. The monoisotopic (exact) mass is 683 g/mol. The van der Waals surface area contributed by atoms with Gasteiger partial charge in [-0.1, -0.05) is 52.3 Å². The van der Waals surface area contributed by atoms with Crippen LogP contribution >= 0.6 is 0 Å². The van der Waals surface area contributed by atoms with E-state index in [0.717, 1.165) is 16.5 Å². The molecule has 11 N–H and O–H groups in total. The van der Waals surface area contributed by atoms with Gasteiger partial charge < -0.3 is 47.7 Å². The highest BCUT2D eigenvalue weighted by Gasteiger charge is 2.40. The third-order valence-electron chi connectivity index (χ3n) is 9.01. The van der Waals surface area contributed by atoms with Crippen LogP contribution in [0.2, 0.25) is 0 Å². The largest absolute Gasteiger partial charge is 0.480 e. The van der Waals surface area contributed by atoms with E-state index in [4.69, 9.17) is 16.9 Å². The SMILES string of the molecule is CC[C@H](C)[C@H](NC(=O)[C@@H]1CCCN1C(=O)[C@H](Cc1c[nH]c2ccccc12)NC(=O)[C@@H](N)CCCNC(=N)N)C(=O)N[C@@H](CC(C)C)C(=O)O. The maximum absolute atomic E-state index is 14.2. The van der Waals surface area contributed by atoms with Crippen LogP contribution in [0.5, 0.6) is 0 Å². The zero-order chi connectivity index (χ0) is 36.2. The molecule has 0 bridgehead atoms. The molecule has 270 valence electrons. The van der Waals surface area contributed by atoms with E-state index in [1.165, 1.54) is 4.90 Å². The minimum atomic E-state index is -1.15. The van der Waals surface area contributed by atoms with Gasteiger partial charge in [-0.3, -0.25) is 24.6 Å². The van der Waals surface area contributed by atoms with E-state index in [2.05, 4.69) is 26.3 Å². The first-order valence-corrected chi connectivity index (χ1v) is 17.1. The fourth-order valence-electron chi connectivity index (χ4n) is 6.08. The van der Waals surface area contributed by atoms with Crippen molar-refractivity contribution in [3.8, 4) is 0 Å². The van der Waals surface area contributed by atoms with Crippen LogP contribution < -0.4 is 32.7 Å². The third kappa shape index (κ3) is 10.9. The molecule has 2 heterocycles. The van der Waals surface area contributed by atoms with Crippen molar-refractivity contribution >= 4 is 46.5 Å². The molecular formula is C34H53N9O6. The van der Waals surface area contributed by atoms with E-state index in [9.17, 15) is 29.1 Å². The number of carboxylic acid groups (broad SMARTS) is 1. The molecule has 2 aromatic rings. The van der Waals surface area contributed by atoms with Gasteiger partial charge >= 0.3 is 5.97 Å². The first kappa shape index (κ1) is 38.8. The minimum absolute atomic E-state index is 0.0204. The molecule has 1 fully saturated rings. The molecule has 6 atom stereocenters. The first-order chi connectivity index (χ1) is 23.2. The van der Waals surface area contributed by atoms with Gasteiger partial charge in [0, 0.05) is 36.6 Å². The predicted octanol–water partition coefficient (Wildman–Crippen LogP) is 0.923. The standard InChI is InChI=1S/C34H53N9O6/c1-5-20(4)28(31(46)41-26(33(48)49)16-19(2)3)42-30(45)27-13-9-15-43(27)32(47)25(17-21-18-39-24-12-7-6-10-22(21)24)40-29(44)23(35)11-8-14-38-34(36)37/h6-7,10,12,18-20,23,25-28,39H,5,8-9,11,13-17,35H2,1-4H3,(H,40,44)(H,41,46)(H,42,45)(H,48,49)(H4,36,37,38)/t20-,23-,25-,26-,27-,28-/m0/s1. The van der Waals surface area contributed by atoms with E-state index in [1.54, 1.807) is 13.1 Å². The van der Waals surface area contributed by atoms with Crippen LogP contribution in [0.15, 0.2) is 30.5 Å². The van der Waals surface area contributed by atoms with Crippen LogP contribution in [-0.2, 0) is 30.4 Å². The van der Waals surface area contributed by atoms with Crippen molar-refractivity contribution in [3.63, 3.8) is 0 Å². The van der Waals surface area contributed by atoms with Gasteiger partial charge in [0.1, 0.15) is 24.2 Å². The number of para-hydroxylation sites is 1. The lowest BCUT2D eigenvalue weighted by Crippen LogP contribution is -2.59. The summed E-state index contributed by atoms with van der Waals surface area (Å²) in [7, 11) is 0. The Morgan fingerprint density at radius 1 is 1.06 bits per heavy atom. The van der Waals surface area contributed by atoms with E-state index in [1.807, 2.05) is 45.0 Å². The van der Waals surface area contributed by atoms with E-state index in [0.29, 0.717) is 32.2 Å². The lowest BCUT2D eigenvalue weighted by Gasteiger charge is -2.31. The quantitative estimate of drug-likeness (QED) is 0.0615. The number of nitrogens with two attached hydrogens (primary N) is 2. The maximum Gasteiger partial charge on any atom is 0.326 e. The molecule has 4 amide bonds. The Morgan fingerprint density at radius 2 is 1.76 bits per heavy atom. The Morgan fingerprint density at radius 3 is 2.41 bits per heavy atom. The summed E-state index contributed by atoms with van der Waals surface area (Å²) in [6.07, 6.45) is 4.35. The van der Waals surface area contributed by atoms with Gasteiger partial charge in [0.2, 0.25) is 23.6 Å². The van der Waals surface area contributed by atoms with Gasteiger partial charge in [0.05, 0.1) is 6.04 Å². The summed E-state index contributed by atoms with van der Waals surface area (Å²) in [4.78, 5) is 71.1. The predicted molar refractivity (Wildman–Crippen MR) is 186 cm³/mol. The molecule has 1 aliphatic rings. The van der Waals surface area contributed by atoms with Crippen LogP contribution in [0.1, 0.15) is 71.8 Å². The molecule has 0 radical (unpaired) electrons. The molecule has 1 aliphatic heterocycles. The average molecular weight is 684 g/mol. The van der Waals surface area contributed by atoms with Gasteiger partial charge in [-0.25, -0.2) is 4.79 Å². The van der Waals surface area contributed by atoms with Gasteiger partial charge in [-0.2, -0.15) is 0 Å². The highest BCUT2D eigenvalue weighted by Crippen LogP contribution is 2.24. The number of carbonyl (C=O) groups excluding carboxylic acids is 4. The number of amides is 4. The number of rotatable bonds is 18. The van der Waals surface area contributed by atoms with E-state index in [-0.39, 0.29) is 43.6 Å². The number of aliphatic carboxylic acids is 1. The van der Waals surface area contributed by atoms with Gasteiger partial charge in [-0.05, 0) is 55.6 Å². The Labute approximate surface area is 287 Å². The number of hydrogen-bond donors (Lipinski definition) is 9. The molecule has 0 saturated carbocycles. The average Bonchev–Trinajstić information content (AvgIpc) is 3.71. The van der Waals surface area contributed by atoms with Crippen molar-refractivity contribution in [2.75, 3.05) is 13.1 Å². The van der Waals surface area contributed by atoms with Crippen molar-refractivity contribution in [1.29, 1.82) is 5.41 Å². The summed E-state index contributed by atoms with van der Waals surface area (Å²) in [6, 6.07) is 2.61. The molecule has 3 rings (SSSR count). The number of fused-ring (bicyclic) bond motifs is 1. The Kier molecular flexibility index (Phi) is 14.4. The lowest BCUT2D eigenvalue weighted by atomic mass is 9.96. The van der Waals surface area contributed by atoms with Crippen molar-refractivity contribution in [1.82, 2.24) is 31.2 Å². The second kappa shape index (κ2) is 18.2. The molecule has 49 heavy (non-hydrogen) atoms. The topological polar surface area (TPSA) is 249 Å². The molecule has 1 aromatic carbocycles. The number of hydrogen-bond acceptors (Lipinski definition) is 7. The van der Waals surface area contributed by atoms with Crippen LogP contribution in [0, 0.1) is 17.2 Å². The Balaban J connectivity index is 1.81. The summed E-state index contributed by atoms with van der Waals surface area (Å²) >= 11 is 0. The molecule has 0 spiro atoms. The summed E-state index contributed by atoms with van der Waals surface area (Å²) in [5, 5.41) is 28.8. The number of carboxylic acids is 1. The highest BCUT2D eigenvalue weighted by atomic mass is 16.4. The van der Waals surface area contributed by atoms with Crippen LogP contribution in [0.4, 0.5) is 0 Å². The fourth-order valence-corrected chi connectivity index (χ4v) is 6.08. The number of H-pyrrole nitrogens is 1. The smallest absolute Gasteiger partial charge is 0.326 e. The van der Waals surface area contributed by atoms with Gasteiger partial charge in [0.15, 0.2) is 5.96 Å². The number of likely N-dealkylation sites (tertiary alicyclic amines) is 1. The van der Waals surface area contributed by atoms with Crippen molar-refractivity contribution in [3.05, 3.63) is 36.0 Å². The third-order valence-corrected chi connectivity index (χ3v) is 9.01. The second-order valence-electron chi connectivity index (χ2n) is 13.3. The molecule has 15 nitrogen and oxygen atoms in total. The summed E-state index contributed by atoms with van der Waals surface area (Å²) in [6.45, 7) is 8.02. The molecule has 0 aliphatic carbocycles. The highest BCUT2D eigenvalue weighted by molar-refractivity contribution is 5.96. The maximum atomic E-state index is 14.2. The molecule has 1 aromatic heterocycles. The van der Waals surface area contributed by atoms with Gasteiger partial charge in [-0.15, -0.1) is 0 Å². The van der Waals surface area contributed by atoms with Crippen molar-refractivity contribution < 1.29 is 29.1 Å². The van der Waals surface area contributed by atoms with Crippen molar-refractivity contribution in [2.45, 2.75) is 103 Å². The lowest BCUT2D eigenvalue weighted by molar-refractivity contribution is -0.144. The number of aromatic nitrogens is 1. The van der Waals surface area contributed by atoms with Crippen LogP contribution in [0.3, 0.4) is 0 Å². The Bertz CT molecular complexity index is 1480. The van der Waals surface area contributed by atoms with E-state index >= 15 is 0 Å². The van der Waals surface area contributed by atoms with Gasteiger partial charge in [0.25, 0.3) is 0 Å². The van der Waals surface area contributed by atoms with Crippen LogP contribution in [-0.4, -0.2) is 93.8 Å². The number of guanidine groups is 1. The molecule has 0 unspecified atom stereocenters. The zero-order valence-corrected chi connectivity index (χ0v) is 28.9. The normalized spacial score (nSPS) is 17.5. The molecular weight excluding hydrogens is 630 g/mol. The van der Waals surface area contributed by atoms with Crippen LogP contribution in [0.25, 0.3) is 10.9 Å². The number of aromatic amines is 1. The second-order valence-corrected chi connectivity index (χ2v) is 13.3. The zero-order valence-electron chi connectivity index (χ0n) is 28.9.